The van der Waals surface area contributed by atoms with E-state index in [0.717, 1.165) is 10.0 Å². The average Bonchev–Trinajstić information content (AvgIpc) is 3.21. The van der Waals surface area contributed by atoms with Crippen molar-refractivity contribution in [1.29, 1.82) is 5.26 Å². The summed E-state index contributed by atoms with van der Waals surface area (Å²) in [6.07, 6.45) is 2.68. The lowest BCUT2D eigenvalue weighted by molar-refractivity contribution is 0.311. The zero-order valence-electron chi connectivity index (χ0n) is 16.5. The quantitative estimate of drug-likeness (QED) is 0.478. The molecule has 0 N–H and O–H groups in total. The van der Waals surface area contributed by atoms with E-state index in [0.29, 0.717) is 29.7 Å². The van der Waals surface area contributed by atoms with Crippen molar-refractivity contribution in [3.8, 4) is 17.7 Å². The average molecular weight is 559 g/mol. The Labute approximate surface area is 193 Å². The Kier molecular flexibility index (Phi) is 7.29. The van der Waals surface area contributed by atoms with E-state index in [1.807, 2.05) is 12.1 Å². The van der Waals surface area contributed by atoms with Crippen LogP contribution < -0.4 is 9.47 Å². The van der Waals surface area contributed by atoms with Gasteiger partial charge >= 0.3 is 0 Å². The maximum Gasteiger partial charge on any atom is 0.247 e. The first-order valence-corrected chi connectivity index (χ1v) is 12.1. The predicted molar refractivity (Wildman–Crippen MR) is 120 cm³/mol. The molecule has 0 bridgehead atoms. The van der Waals surface area contributed by atoms with Gasteiger partial charge in [0.25, 0.3) is 0 Å². The van der Waals surface area contributed by atoms with E-state index in [1.54, 1.807) is 36.3 Å². The molecular formula is C20H21Br2N3O4S. The first-order valence-electron chi connectivity index (χ1n) is 9.12. The zero-order valence-corrected chi connectivity index (χ0v) is 20.5. The van der Waals surface area contributed by atoms with E-state index in [4.69, 9.17) is 9.47 Å². The Morgan fingerprint density at radius 2 is 1.97 bits per heavy atom. The van der Waals surface area contributed by atoms with Crippen LogP contribution in [0, 0.1) is 11.5 Å². The molecule has 1 atom stereocenters. The SMILES string of the molecule is COc1ccc(Br)c(CN([C@@H]2CCN(C#N)C2)S(=O)(=O)c2cc(Br)ccc2OC)c1. The lowest BCUT2D eigenvalue weighted by Gasteiger charge is -2.29. The van der Waals surface area contributed by atoms with E-state index in [-0.39, 0.29) is 23.2 Å². The number of hydrogen-bond donors (Lipinski definition) is 0. The minimum Gasteiger partial charge on any atom is -0.497 e. The topological polar surface area (TPSA) is 82.9 Å². The fourth-order valence-corrected chi connectivity index (χ4v) is 6.12. The third-order valence-electron chi connectivity index (χ3n) is 5.00. The first-order chi connectivity index (χ1) is 14.3. The minimum absolute atomic E-state index is 0.0776. The largest absolute Gasteiger partial charge is 0.497 e. The highest BCUT2D eigenvalue weighted by Gasteiger charge is 2.37. The van der Waals surface area contributed by atoms with Crippen LogP contribution >= 0.6 is 31.9 Å². The zero-order chi connectivity index (χ0) is 21.9. The predicted octanol–water partition coefficient (Wildman–Crippen LogP) is 3.98. The molecule has 7 nitrogen and oxygen atoms in total. The maximum absolute atomic E-state index is 13.8. The highest BCUT2D eigenvalue weighted by atomic mass is 79.9. The van der Waals surface area contributed by atoms with Crippen LogP contribution in [0.5, 0.6) is 11.5 Å². The molecule has 160 valence electrons. The van der Waals surface area contributed by atoms with Gasteiger partial charge in [0.2, 0.25) is 10.0 Å². The lowest BCUT2D eigenvalue weighted by Crippen LogP contribution is -2.41. The molecule has 0 spiro atoms. The lowest BCUT2D eigenvalue weighted by atomic mass is 10.2. The molecule has 2 aromatic rings. The summed E-state index contributed by atoms with van der Waals surface area (Å²) in [5.41, 5.74) is 0.766. The van der Waals surface area contributed by atoms with Crippen molar-refractivity contribution >= 4 is 41.9 Å². The van der Waals surface area contributed by atoms with E-state index in [9.17, 15) is 13.7 Å². The van der Waals surface area contributed by atoms with Gasteiger partial charge < -0.3 is 14.4 Å². The standard InChI is InChI=1S/C20H21Br2N3O4S/c1-28-17-4-5-18(22)14(9-17)11-25(16-7-8-24(12-16)13-23)30(26,27)20-10-15(21)3-6-19(20)29-2/h3-6,9-10,16H,7-8,11-12H2,1-2H3/t16-/m1/s1. The second-order valence-corrected chi connectivity index (χ2v) is 10.4. The van der Waals surface area contributed by atoms with Crippen molar-refractivity contribution < 1.29 is 17.9 Å². The van der Waals surface area contributed by atoms with Crippen molar-refractivity contribution in [2.45, 2.75) is 23.9 Å². The highest BCUT2D eigenvalue weighted by molar-refractivity contribution is 9.10. The van der Waals surface area contributed by atoms with E-state index >= 15 is 0 Å². The van der Waals surface area contributed by atoms with Gasteiger partial charge in [0, 0.05) is 34.6 Å². The van der Waals surface area contributed by atoms with Crippen LogP contribution in [-0.2, 0) is 16.6 Å². The Balaban J connectivity index is 2.08. The van der Waals surface area contributed by atoms with E-state index in [2.05, 4.69) is 38.1 Å². The fraction of sp³-hybridized carbons (Fsp3) is 0.350. The van der Waals surface area contributed by atoms with E-state index < -0.39 is 10.0 Å². The number of hydrogen-bond acceptors (Lipinski definition) is 6. The number of nitriles is 1. The van der Waals surface area contributed by atoms with Crippen LogP contribution in [0.2, 0.25) is 0 Å². The molecule has 2 aromatic carbocycles. The van der Waals surface area contributed by atoms with Crippen molar-refractivity contribution in [3.63, 3.8) is 0 Å². The monoisotopic (exact) mass is 557 g/mol. The summed E-state index contributed by atoms with van der Waals surface area (Å²) < 4.78 is 41.1. The van der Waals surface area contributed by atoms with Gasteiger partial charge in [-0.15, -0.1) is 0 Å². The molecule has 10 heteroatoms. The summed E-state index contributed by atoms with van der Waals surface area (Å²) in [5.74, 6) is 0.902. The molecule has 1 heterocycles. The van der Waals surface area contributed by atoms with Gasteiger partial charge in [0.1, 0.15) is 16.4 Å². The molecule has 0 unspecified atom stereocenters. The van der Waals surface area contributed by atoms with Crippen LogP contribution in [0.25, 0.3) is 0 Å². The number of methoxy groups -OCH3 is 2. The maximum atomic E-state index is 13.8. The van der Waals surface area contributed by atoms with Crippen molar-refractivity contribution in [3.05, 3.63) is 50.9 Å². The van der Waals surface area contributed by atoms with Gasteiger partial charge in [0.15, 0.2) is 6.19 Å². The van der Waals surface area contributed by atoms with Gasteiger partial charge in [-0.1, -0.05) is 31.9 Å². The molecule has 1 aliphatic rings. The normalized spacial score (nSPS) is 16.5. The van der Waals surface area contributed by atoms with Crippen LogP contribution in [0.4, 0.5) is 0 Å². The molecule has 1 saturated heterocycles. The molecule has 0 amide bonds. The second-order valence-electron chi connectivity index (χ2n) is 6.79. The number of benzene rings is 2. The van der Waals surface area contributed by atoms with Gasteiger partial charge in [-0.05, 0) is 48.4 Å². The summed E-state index contributed by atoms with van der Waals surface area (Å²) in [6, 6.07) is 9.98. The van der Waals surface area contributed by atoms with Crippen LogP contribution in [0.1, 0.15) is 12.0 Å². The van der Waals surface area contributed by atoms with E-state index in [1.165, 1.54) is 11.4 Å². The summed E-state index contributed by atoms with van der Waals surface area (Å²) in [7, 11) is -0.927. The number of halogens is 2. The molecule has 3 rings (SSSR count). The molecular weight excluding hydrogens is 538 g/mol. The first kappa shape index (κ1) is 22.9. The van der Waals surface area contributed by atoms with Gasteiger partial charge in [-0.25, -0.2) is 8.42 Å². The van der Waals surface area contributed by atoms with Crippen molar-refractivity contribution in [2.24, 2.45) is 0 Å². The third-order valence-corrected chi connectivity index (χ3v) is 8.19. The molecule has 30 heavy (non-hydrogen) atoms. The Morgan fingerprint density at radius 3 is 2.60 bits per heavy atom. The van der Waals surface area contributed by atoms with Crippen molar-refractivity contribution in [2.75, 3.05) is 27.3 Å². The molecule has 0 radical (unpaired) electrons. The number of ether oxygens (including phenoxy) is 2. The van der Waals surface area contributed by atoms with Crippen molar-refractivity contribution in [1.82, 2.24) is 9.21 Å². The Morgan fingerprint density at radius 1 is 1.20 bits per heavy atom. The number of sulfonamides is 1. The molecule has 0 aliphatic carbocycles. The van der Waals surface area contributed by atoms with Gasteiger partial charge in [-0.3, -0.25) is 0 Å². The smallest absolute Gasteiger partial charge is 0.247 e. The van der Waals surface area contributed by atoms with Gasteiger partial charge in [0.05, 0.1) is 14.2 Å². The van der Waals surface area contributed by atoms with Crippen LogP contribution in [0.15, 0.2) is 50.2 Å². The second kappa shape index (κ2) is 9.56. The third kappa shape index (κ3) is 4.75. The molecule has 1 fully saturated rings. The Bertz CT molecular complexity index is 1070. The number of rotatable bonds is 7. The summed E-state index contributed by atoms with van der Waals surface area (Å²) in [6.45, 7) is 0.982. The molecule has 1 aliphatic heterocycles. The Hall–Kier alpha value is -1.80. The highest BCUT2D eigenvalue weighted by Crippen LogP contribution is 2.34. The fourth-order valence-electron chi connectivity index (χ4n) is 3.42. The minimum atomic E-state index is -3.94. The van der Waals surface area contributed by atoms with Gasteiger partial charge in [-0.2, -0.15) is 9.57 Å². The van der Waals surface area contributed by atoms with Crippen LogP contribution in [0.3, 0.4) is 0 Å². The summed E-state index contributed by atoms with van der Waals surface area (Å²) in [5, 5.41) is 9.26. The summed E-state index contributed by atoms with van der Waals surface area (Å²) >= 11 is 6.87. The van der Waals surface area contributed by atoms with Crippen LogP contribution in [-0.4, -0.2) is 51.0 Å². The summed E-state index contributed by atoms with van der Waals surface area (Å²) in [4.78, 5) is 1.65. The number of likely N-dealkylation sites (tertiary alicyclic amines) is 1. The molecule has 0 aromatic heterocycles. The molecule has 0 saturated carbocycles. The number of nitrogens with zero attached hydrogens (tertiary/aromatic N) is 3.